The maximum atomic E-state index is 12.2. The van der Waals surface area contributed by atoms with Crippen LogP contribution in [0.15, 0.2) is 29.2 Å². The van der Waals surface area contributed by atoms with Crippen molar-refractivity contribution < 1.29 is 4.74 Å². The van der Waals surface area contributed by atoms with Crippen molar-refractivity contribution in [3.8, 4) is 5.75 Å². The number of rotatable bonds is 1. The number of anilines is 1. The average molecular weight is 299 g/mol. The first kappa shape index (κ1) is 13.6. The Kier molecular flexibility index (Phi) is 3.11. The van der Waals surface area contributed by atoms with E-state index in [1.54, 1.807) is 6.07 Å². The minimum absolute atomic E-state index is 0.0649. The molecule has 5 nitrogen and oxygen atoms in total. The highest BCUT2D eigenvalue weighted by Crippen LogP contribution is 2.39. The molecule has 1 saturated heterocycles. The summed E-state index contributed by atoms with van der Waals surface area (Å²) in [5.74, 6) is 0.873. The van der Waals surface area contributed by atoms with Crippen LogP contribution in [0.4, 0.5) is 5.69 Å². The lowest BCUT2D eigenvalue weighted by atomic mass is 10.1. The second kappa shape index (κ2) is 5.02. The monoisotopic (exact) mass is 299 g/mol. The number of hydrogen-bond donors (Lipinski definition) is 0. The van der Waals surface area contributed by atoms with Crippen LogP contribution in [-0.2, 0) is 0 Å². The fourth-order valence-electron chi connectivity index (χ4n) is 3.42. The standard InChI is InChI=1S/C17H21N3O2/c1-12-11-22-17-14(19-9-7-18(2)8-10-19)4-3-13-15(21)5-6-20(12)16(13)17/h3-6,12H,7-11H2,1-2H3/t12-/m0/s1. The van der Waals surface area contributed by atoms with Crippen molar-refractivity contribution in [3.63, 3.8) is 0 Å². The molecule has 0 radical (unpaired) electrons. The van der Waals surface area contributed by atoms with Gasteiger partial charge in [-0.2, -0.15) is 0 Å². The summed E-state index contributed by atoms with van der Waals surface area (Å²) in [6.45, 7) is 6.85. The number of nitrogens with zero attached hydrogens (tertiary/aromatic N) is 3. The van der Waals surface area contributed by atoms with E-state index in [9.17, 15) is 4.79 Å². The zero-order valence-corrected chi connectivity index (χ0v) is 13.1. The predicted octanol–water partition coefficient (Wildman–Crippen LogP) is 1.71. The quantitative estimate of drug-likeness (QED) is 0.803. The maximum absolute atomic E-state index is 12.2. The molecule has 0 spiro atoms. The number of pyridine rings is 1. The van der Waals surface area contributed by atoms with Crippen LogP contribution in [0.3, 0.4) is 0 Å². The molecule has 2 aliphatic heterocycles. The van der Waals surface area contributed by atoms with Gasteiger partial charge < -0.3 is 19.1 Å². The van der Waals surface area contributed by atoms with Gasteiger partial charge in [-0.15, -0.1) is 0 Å². The lowest BCUT2D eigenvalue weighted by molar-refractivity contribution is 0.246. The fraction of sp³-hybridized carbons (Fsp3) is 0.471. The summed E-state index contributed by atoms with van der Waals surface area (Å²) < 4.78 is 8.23. The SMILES string of the molecule is C[C@H]1COc2c(N3CCN(C)CC3)ccc3c(=O)ccn1c23. The minimum Gasteiger partial charge on any atom is -0.487 e. The van der Waals surface area contributed by atoms with Crippen LogP contribution < -0.4 is 15.1 Å². The first-order valence-corrected chi connectivity index (χ1v) is 7.89. The molecule has 4 rings (SSSR count). The number of aromatic nitrogens is 1. The molecule has 0 bridgehead atoms. The van der Waals surface area contributed by atoms with E-state index in [0.29, 0.717) is 6.61 Å². The molecule has 1 atom stereocenters. The van der Waals surface area contributed by atoms with Crippen molar-refractivity contribution in [2.75, 3.05) is 44.7 Å². The van der Waals surface area contributed by atoms with Crippen LogP contribution in [0.25, 0.3) is 10.9 Å². The highest BCUT2D eigenvalue weighted by molar-refractivity contribution is 5.91. The molecule has 0 N–H and O–H groups in total. The lowest BCUT2D eigenvalue weighted by Crippen LogP contribution is -2.44. The zero-order chi connectivity index (χ0) is 15.3. The number of likely N-dealkylation sites (N-methyl/N-ethyl adjacent to an activating group) is 1. The van der Waals surface area contributed by atoms with Crippen LogP contribution in [-0.4, -0.2) is 49.3 Å². The van der Waals surface area contributed by atoms with Gasteiger partial charge in [0.25, 0.3) is 0 Å². The molecule has 2 aliphatic rings. The molecule has 1 aromatic heterocycles. The Bertz CT molecular complexity index is 775. The van der Waals surface area contributed by atoms with Crippen molar-refractivity contribution in [1.82, 2.24) is 9.47 Å². The second-order valence-corrected chi connectivity index (χ2v) is 6.35. The Labute approximate surface area is 129 Å². The van der Waals surface area contributed by atoms with E-state index in [-0.39, 0.29) is 11.5 Å². The van der Waals surface area contributed by atoms with Gasteiger partial charge >= 0.3 is 0 Å². The highest BCUT2D eigenvalue weighted by Gasteiger charge is 2.25. The van der Waals surface area contributed by atoms with Crippen molar-refractivity contribution in [1.29, 1.82) is 0 Å². The third-order valence-electron chi connectivity index (χ3n) is 4.81. The van der Waals surface area contributed by atoms with Gasteiger partial charge in [-0.25, -0.2) is 0 Å². The molecule has 0 saturated carbocycles. The molecular formula is C17H21N3O2. The summed E-state index contributed by atoms with van der Waals surface area (Å²) in [4.78, 5) is 16.9. The van der Waals surface area contributed by atoms with Crippen LogP contribution in [0, 0.1) is 0 Å². The molecular weight excluding hydrogens is 278 g/mol. The molecule has 22 heavy (non-hydrogen) atoms. The van der Waals surface area contributed by atoms with Crippen molar-refractivity contribution in [2.45, 2.75) is 13.0 Å². The van der Waals surface area contributed by atoms with Crippen molar-refractivity contribution in [2.24, 2.45) is 0 Å². The van der Waals surface area contributed by atoms with Gasteiger partial charge in [0.15, 0.2) is 11.2 Å². The Morgan fingerprint density at radius 2 is 1.91 bits per heavy atom. The molecule has 116 valence electrons. The molecule has 0 aliphatic carbocycles. The molecule has 0 amide bonds. The fourth-order valence-corrected chi connectivity index (χ4v) is 3.42. The molecule has 1 aromatic carbocycles. The van der Waals surface area contributed by atoms with Crippen LogP contribution in [0.5, 0.6) is 5.75 Å². The number of piperazine rings is 1. The van der Waals surface area contributed by atoms with E-state index in [4.69, 9.17) is 4.74 Å². The normalized spacial score (nSPS) is 21.9. The summed E-state index contributed by atoms with van der Waals surface area (Å²) in [5, 5.41) is 0.752. The molecule has 1 fully saturated rings. The summed E-state index contributed by atoms with van der Waals surface area (Å²) in [5.41, 5.74) is 2.13. The van der Waals surface area contributed by atoms with E-state index in [2.05, 4.69) is 28.3 Å². The van der Waals surface area contributed by atoms with Crippen LogP contribution in [0.2, 0.25) is 0 Å². The topological polar surface area (TPSA) is 37.7 Å². The first-order valence-electron chi connectivity index (χ1n) is 7.89. The van der Waals surface area contributed by atoms with Gasteiger partial charge in [0.2, 0.25) is 0 Å². The molecule has 5 heteroatoms. The van der Waals surface area contributed by atoms with E-state index in [1.165, 1.54) is 0 Å². The maximum Gasteiger partial charge on any atom is 0.189 e. The van der Waals surface area contributed by atoms with Crippen molar-refractivity contribution in [3.05, 3.63) is 34.6 Å². The molecule has 0 unspecified atom stereocenters. The van der Waals surface area contributed by atoms with Gasteiger partial charge in [-0.05, 0) is 26.1 Å². The number of ether oxygens (including phenoxy) is 1. The number of hydrogen-bond acceptors (Lipinski definition) is 4. The van der Waals surface area contributed by atoms with Gasteiger partial charge in [0.1, 0.15) is 6.61 Å². The summed E-state index contributed by atoms with van der Waals surface area (Å²) in [7, 11) is 2.15. The Morgan fingerprint density at radius 1 is 1.14 bits per heavy atom. The highest BCUT2D eigenvalue weighted by atomic mass is 16.5. The summed E-state index contributed by atoms with van der Waals surface area (Å²) >= 11 is 0. The van der Waals surface area contributed by atoms with Gasteiger partial charge in [0, 0.05) is 43.8 Å². The van der Waals surface area contributed by atoms with E-state index in [0.717, 1.165) is 48.5 Å². The average Bonchev–Trinajstić information content (AvgIpc) is 2.53. The Morgan fingerprint density at radius 3 is 2.68 bits per heavy atom. The second-order valence-electron chi connectivity index (χ2n) is 6.35. The summed E-state index contributed by atoms with van der Waals surface area (Å²) in [6, 6.07) is 5.90. The van der Waals surface area contributed by atoms with E-state index < -0.39 is 0 Å². The largest absolute Gasteiger partial charge is 0.487 e. The van der Waals surface area contributed by atoms with Crippen molar-refractivity contribution >= 4 is 16.6 Å². The first-order chi connectivity index (χ1) is 10.6. The Balaban J connectivity index is 1.90. The van der Waals surface area contributed by atoms with E-state index in [1.807, 2.05) is 18.3 Å². The van der Waals surface area contributed by atoms with Gasteiger partial charge in [-0.1, -0.05) is 0 Å². The zero-order valence-electron chi connectivity index (χ0n) is 13.1. The third-order valence-corrected chi connectivity index (χ3v) is 4.81. The van der Waals surface area contributed by atoms with Crippen LogP contribution >= 0.6 is 0 Å². The predicted molar refractivity (Wildman–Crippen MR) is 88.1 cm³/mol. The minimum atomic E-state index is 0.0649. The lowest BCUT2D eigenvalue weighted by Gasteiger charge is -2.36. The van der Waals surface area contributed by atoms with Gasteiger partial charge in [0.05, 0.1) is 17.2 Å². The van der Waals surface area contributed by atoms with E-state index >= 15 is 0 Å². The summed E-state index contributed by atoms with van der Waals surface area (Å²) in [6.07, 6.45) is 1.90. The van der Waals surface area contributed by atoms with Crippen LogP contribution in [0.1, 0.15) is 13.0 Å². The smallest absolute Gasteiger partial charge is 0.189 e. The third kappa shape index (κ3) is 2.00. The molecule has 3 heterocycles. The van der Waals surface area contributed by atoms with Gasteiger partial charge in [-0.3, -0.25) is 4.79 Å². The molecule has 2 aromatic rings. The number of benzene rings is 1. The Hall–Kier alpha value is -2.01.